The number of nitrogens with zero attached hydrogens (tertiary/aromatic N) is 6. The quantitative estimate of drug-likeness (QED) is 0.127. The number of aryl methyl sites for hydroxylation is 2. The van der Waals surface area contributed by atoms with Gasteiger partial charge in [0.15, 0.2) is 0 Å². The summed E-state index contributed by atoms with van der Waals surface area (Å²) in [5.41, 5.74) is 11.7. The number of rotatable bonds is 5. The first-order chi connectivity index (χ1) is 29.7. The molecule has 0 saturated heterocycles. The van der Waals surface area contributed by atoms with E-state index in [4.69, 9.17) is 9.72 Å². The van der Waals surface area contributed by atoms with Crippen molar-refractivity contribution in [3.05, 3.63) is 176 Å². The molecule has 0 amide bonds. The molecule has 12 rings (SSSR count). The van der Waals surface area contributed by atoms with Crippen molar-refractivity contribution in [3.63, 3.8) is 0 Å². The van der Waals surface area contributed by atoms with E-state index < -0.39 is 0 Å². The molecule has 5 aromatic heterocycles. The van der Waals surface area contributed by atoms with Crippen LogP contribution in [0.2, 0.25) is 0 Å². The molecule has 7 aromatic carbocycles. The van der Waals surface area contributed by atoms with Crippen LogP contribution in [0.15, 0.2) is 152 Å². The largest absolute Gasteiger partial charge is 0.510 e. The SMILES string of the molecule is Cn1[c-][n+](-c2[c-]c(Oc3[c-]c4c(cc3)c3c5c(c6ccccc6n5C)c5c6ccccc6n(-c6ccccc6)c5c3n4-c3cc(C(C)(C)C)ccn3)ccc2)c2ccccc21.[Pt]. The van der Waals surface area contributed by atoms with Gasteiger partial charge in [-0.2, -0.15) is 18.2 Å². The molecular weight excluding hydrogens is 944 g/mol. The standard InChI is InChI=1S/C54H40N6O.Pt/c1-54(2,3)34-28-29-55-47(30-34)60-46-32-38(61-37-19-15-18-36(31-37)58-33-56(4)44-24-13-14-25-45(44)58)26-27-41(46)50-51-48(39-20-9-11-22-42(39)57(51)5)49-40-21-10-12-23-43(40)59(52(49)53(50)60)35-16-7-6-8-17-35;/h6-30H,1-5H3;/q-2;. The molecule has 8 heteroatoms. The second-order valence-corrected chi connectivity index (χ2v) is 17.0. The molecule has 0 bridgehead atoms. The number of hydrogen-bond acceptors (Lipinski definition) is 2. The van der Waals surface area contributed by atoms with E-state index in [0.717, 1.165) is 61.1 Å². The Morgan fingerprint density at radius 1 is 0.581 bits per heavy atom. The van der Waals surface area contributed by atoms with Crippen molar-refractivity contribution in [1.82, 2.24) is 23.3 Å². The Labute approximate surface area is 372 Å². The number of fused-ring (bicyclic) bond motifs is 13. The topological polar surface area (TPSA) is 45.7 Å². The average molecular weight is 984 g/mol. The maximum absolute atomic E-state index is 6.73. The van der Waals surface area contributed by atoms with Gasteiger partial charge in [-0.05, 0) is 52.8 Å². The van der Waals surface area contributed by atoms with Crippen LogP contribution in [0.3, 0.4) is 0 Å². The number of ether oxygens (including phenoxy) is 1. The first-order valence-electron chi connectivity index (χ1n) is 20.7. The van der Waals surface area contributed by atoms with Gasteiger partial charge in [0.05, 0.1) is 34.6 Å². The molecule has 0 unspecified atom stereocenters. The van der Waals surface area contributed by atoms with Gasteiger partial charge < -0.3 is 27.6 Å². The summed E-state index contributed by atoms with van der Waals surface area (Å²) >= 11 is 0. The molecule has 0 atom stereocenters. The number of para-hydroxylation sites is 5. The summed E-state index contributed by atoms with van der Waals surface area (Å²) in [6.07, 6.45) is 5.37. The minimum atomic E-state index is -0.105. The van der Waals surface area contributed by atoms with Gasteiger partial charge in [-0.3, -0.25) is 0 Å². The maximum Gasteiger partial charge on any atom is 0.242 e. The van der Waals surface area contributed by atoms with Gasteiger partial charge in [0.25, 0.3) is 0 Å². The van der Waals surface area contributed by atoms with Crippen molar-refractivity contribution in [3.8, 4) is 28.7 Å². The first-order valence-corrected chi connectivity index (χ1v) is 20.7. The summed E-state index contributed by atoms with van der Waals surface area (Å²) in [6, 6.07) is 58.5. The van der Waals surface area contributed by atoms with E-state index in [0.29, 0.717) is 11.5 Å². The Bertz CT molecular complexity index is 3750. The van der Waals surface area contributed by atoms with Gasteiger partial charge in [-0.15, -0.1) is 24.3 Å². The summed E-state index contributed by atoms with van der Waals surface area (Å²) in [7, 11) is 4.21. The molecule has 0 aliphatic rings. The predicted molar refractivity (Wildman–Crippen MR) is 247 cm³/mol. The van der Waals surface area contributed by atoms with Crippen molar-refractivity contribution >= 4 is 76.5 Å². The molecule has 0 aliphatic carbocycles. The summed E-state index contributed by atoms with van der Waals surface area (Å²) in [4.78, 5) is 5.16. The third kappa shape index (κ3) is 5.54. The second kappa shape index (κ2) is 14.0. The second-order valence-electron chi connectivity index (χ2n) is 17.0. The van der Waals surface area contributed by atoms with Crippen molar-refractivity contribution in [1.29, 1.82) is 0 Å². The Balaban J connectivity index is 0.00000432. The molecule has 7 nitrogen and oxygen atoms in total. The van der Waals surface area contributed by atoms with Gasteiger partial charge in [-0.1, -0.05) is 116 Å². The molecule has 0 spiro atoms. The van der Waals surface area contributed by atoms with Crippen molar-refractivity contribution in [2.45, 2.75) is 26.2 Å². The van der Waals surface area contributed by atoms with Crippen LogP contribution in [-0.2, 0) is 40.6 Å². The maximum atomic E-state index is 6.73. The molecule has 0 fully saturated rings. The Morgan fingerprint density at radius 2 is 1.24 bits per heavy atom. The van der Waals surface area contributed by atoms with E-state index in [1.807, 2.05) is 58.8 Å². The van der Waals surface area contributed by atoms with Crippen LogP contribution >= 0.6 is 0 Å². The normalized spacial score (nSPS) is 12.1. The van der Waals surface area contributed by atoms with Crippen molar-refractivity contribution in [2.75, 3.05) is 0 Å². The monoisotopic (exact) mass is 983 g/mol. The van der Waals surface area contributed by atoms with Crippen LogP contribution in [0.1, 0.15) is 26.3 Å². The molecule has 62 heavy (non-hydrogen) atoms. The summed E-state index contributed by atoms with van der Waals surface area (Å²) in [5, 5.41) is 7.06. The fraction of sp³-hybridized carbons (Fsp3) is 0.111. The van der Waals surface area contributed by atoms with E-state index in [1.165, 1.54) is 38.1 Å². The van der Waals surface area contributed by atoms with Crippen molar-refractivity contribution in [2.24, 2.45) is 14.1 Å². The molecule has 304 valence electrons. The fourth-order valence-electron chi connectivity index (χ4n) is 9.58. The molecule has 0 saturated carbocycles. The summed E-state index contributed by atoms with van der Waals surface area (Å²) < 4.78 is 17.9. The minimum Gasteiger partial charge on any atom is -0.510 e. The molecule has 0 radical (unpaired) electrons. The zero-order chi connectivity index (χ0) is 41.1. The number of imidazole rings is 1. The zero-order valence-electron chi connectivity index (χ0n) is 34.8. The van der Waals surface area contributed by atoms with Gasteiger partial charge in [0, 0.05) is 84.1 Å². The van der Waals surface area contributed by atoms with E-state index in [9.17, 15) is 0 Å². The zero-order valence-corrected chi connectivity index (χ0v) is 37.1. The van der Waals surface area contributed by atoms with Crippen LogP contribution in [0, 0.1) is 18.5 Å². The van der Waals surface area contributed by atoms with Gasteiger partial charge in [-0.25, -0.2) is 4.98 Å². The Kier molecular flexibility index (Phi) is 8.61. The van der Waals surface area contributed by atoms with Gasteiger partial charge >= 0.3 is 0 Å². The third-order valence-corrected chi connectivity index (χ3v) is 12.3. The third-order valence-electron chi connectivity index (χ3n) is 12.3. The molecule has 12 aromatic rings. The summed E-state index contributed by atoms with van der Waals surface area (Å²) in [5.74, 6) is 1.98. The number of hydrogen-bond donors (Lipinski definition) is 0. The van der Waals surface area contributed by atoms with Gasteiger partial charge in [0.1, 0.15) is 5.82 Å². The molecular formula is C54H40N6OPt-2. The van der Waals surface area contributed by atoms with E-state index >= 15 is 0 Å². The first kappa shape index (κ1) is 38.0. The smallest absolute Gasteiger partial charge is 0.242 e. The fourth-order valence-corrected chi connectivity index (χ4v) is 9.58. The Hall–Kier alpha value is -6.95. The molecule has 0 aliphatic heterocycles. The Morgan fingerprint density at radius 3 is 2.03 bits per heavy atom. The number of aromatic nitrogens is 6. The van der Waals surface area contributed by atoms with Gasteiger partial charge in [0.2, 0.25) is 6.33 Å². The number of pyridine rings is 1. The minimum absolute atomic E-state index is 0. The van der Waals surface area contributed by atoms with Crippen LogP contribution < -0.4 is 9.30 Å². The van der Waals surface area contributed by atoms with Crippen molar-refractivity contribution < 1.29 is 30.4 Å². The van der Waals surface area contributed by atoms with Crippen LogP contribution in [0.5, 0.6) is 11.5 Å². The number of benzene rings is 7. The molecule has 0 N–H and O–H groups in total. The van der Waals surface area contributed by atoms with Crippen LogP contribution in [0.4, 0.5) is 0 Å². The van der Waals surface area contributed by atoms with E-state index in [1.54, 1.807) is 0 Å². The average Bonchev–Trinajstić information content (AvgIpc) is 4.00. The van der Waals surface area contributed by atoms with Crippen LogP contribution in [0.25, 0.3) is 93.6 Å². The molecule has 5 heterocycles. The van der Waals surface area contributed by atoms with Crippen LogP contribution in [-0.4, -0.2) is 23.3 Å². The van der Waals surface area contributed by atoms with E-state index in [2.05, 4.69) is 169 Å². The van der Waals surface area contributed by atoms with E-state index in [-0.39, 0.29) is 26.5 Å². The predicted octanol–water partition coefficient (Wildman–Crippen LogP) is 12.2. The summed E-state index contributed by atoms with van der Waals surface area (Å²) in [6.45, 7) is 6.75.